The van der Waals surface area contributed by atoms with Gasteiger partial charge in [0.2, 0.25) is 0 Å². The summed E-state index contributed by atoms with van der Waals surface area (Å²) in [6.45, 7) is 13.4. The summed E-state index contributed by atoms with van der Waals surface area (Å²) in [6, 6.07) is 0. The van der Waals surface area contributed by atoms with Gasteiger partial charge in [-0.2, -0.15) is 5.10 Å². The van der Waals surface area contributed by atoms with Crippen molar-refractivity contribution in [2.24, 2.45) is 5.41 Å². The second-order valence-electron chi connectivity index (χ2n) is 6.25. The fourth-order valence-electron chi connectivity index (χ4n) is 1.62. The van der Waals surface area contributed by atoms with Gasteiger partial charge in [0.25, 0.3) is 0 Å². The molecule has 0 aliphatic carbocycles. The molecule has 1 N–H and O–H groups in total. The molecular formula is C12H22N2. The minimum Gasteiger partial charge on any atom is -0.282 e. The van der Waals surface area contributed by atoms with E-state index in [4.69, 9.17) is 0 Å². The van der Waals surface area contributed by atoms with Crippen LogP contribution in [0.1, 0.15) is 52.8 Å². The third-order valence-corrected chi connectivity index (χ3v) is 2.23. The monoisotopic (exact) mass is 194 g/mol. The van der Waals surface area contributed by atoms with Crippen LogP contribution in [0.4, 0.5) is 0 Å². The second-order valence-corrected chi connectivity index (χ2v) is 6.25. The lowest BCUT2D eigenvalue weighted by atomic mass is 9.82. The van der Waals surface area contributed by atoms with E-state index in [1.165, 1.54) is 11.3 Å². The molecule has 0 amide bonds. The van der Waals surface area contributed by atoms with Crippen molar-refractivity contribution in [2.45, 2.75) is 53.4 Å². The van der Waals surface area contributed by atoms with Crippen LogP contribution in [-0.4, -0.2) is 10.2 Å². The smallest absolute Gasteiger partial charge is 0.0527 e. The molecule has 1 rings (SSSR count). The minimum absolute atomic E-state index is 0.188. The second kappa shape index (κ2) is 3.41. The van der Waals surface area contributed by atoms with Gasteiger partial charge >= 0.3 is 0 Å². The van der Waals surface area contributed by atoms with Gasteiger partial charge in [-0.1, -0.05) is 41.5 Å². The fourth-order valence-corrected chi connectivity index (χ4v) is 1.62. The van der Waals surface area contributed by atoms with Gasteiger partial charge in [0, 0.05) is 5.69 Å². The molecule has 0 aliphatic rings. The highest BCUT2D eigenvalue weighted by Gasteiger charge is 2.22. The molecule has 0 unspecified atom stereocenters. The van der Waals surface area contributed by atoms with Crippen molar-refractivity contribution in [3.05, 3.63) is 17.5 Å². The van der Waals surface area contributed by atoms with Crippen molar-refractivity contribution in [3.63, 3.8) is 0 Å². The summed E-state index contributed by atoms with van der Waals surface area (Å²) >= 11 is 0. The first-order chi connectivity index (χ1) is 6.20. The van der Waals surface area contributed by atoms with Crippen LogP contribution in [0.15, 0.2) is 6.20 Å². The molecule has 2 heteroatoms. The largest absolute Gasteiger partial charge is 0.282 e. The number of rotatable bonds is 1. The summed E-state index contributed by atoms with van der Waals surface area (Å²) in [4.78, 5) is 0. The molecule has 1 heterocycles. The van der Waals surface area contributed by atoms with E-state index in [9.17, 15) is 0 Å². The number of aromatic nitrogens is 2. The molecule has 0 spiro atoms. The third-order valence-electron chi connectivity index (χ3n) is 2.23. The van der Waals surface area contributed by atoms with E-state index in [0.717, 1.165) is 6.42 Å². The Hall–Kier alpha value is -0.790. The van der Waals surface area contributed by atoms with Gasteiger partial charge in [0.1, 0.15) is 0 Å². The van der Waals surface area contributed by atoms with E-state index in [1.807, 2.05) is 6.20 Å². The molecule has 0 radical (unpaired) electrons. The molecule has 0 saturated carbocycles. The van der Waals surface area contributed by atoms with Crippen LogP contribution >= 0.6 is 0 Å². The zero-order valence-electron chi connectivity index (χ0n) is 10.2. The zero-order chi connectivity index (χ0) is 11.0. The van der Waals surface area contributed by atoms with Crippen LogP contribution in [0.5, 0.6) is 0 Å². The molecular weight excluding hydrogens is 172 g/mol. The highest BCUT2D eigenvalue weighted by molar-refractivity contribution is 5.25. The Morgan fingerprint density at radius 3 is 2.14 bits per heavy atom. The van der Waals surface area contributed by atoms with Crippen molar-refractivity contribution in [3.8, 4) is 0 Å². The highest BCUT2D eigenvalue weighted by Crippen LogP contribution is 2.28. The quantitative estimate of drug-likeness (QED) is 0.730. The van der Waals surface area contributed by atoms with Crippen LogP contribution in [0.2, 0.25) is 0 Å². The Morgan fingerprint density at radius 1 is 1.14 bits per heavy atom. The fraction of sp³-hybridized carbons (Fsp3) is 0.750. The Morgan fingerprint density at radius 2 is 1.71 bits per heavy atom. The SMILES string of the molecule is CC(C)(C)Cc1[nH]ncc1C(C)(C)C. The lowest BCUT2D eigenvalue weighted by Gasteiger charge is -2.22. The van der Waals surface area contributed by atoms with E-state index < -0.39 is 0 Å². The van der Waals surface area contributed by atoms with Gasteiger partial charge in [0.15, 0.2) is 0 Å². The maximum Gasteiger partial charge on any atom is 0.0527 e. The number of nitrogens with one attached hydrogen (secondary N) is 1. The molecule has 0 bridgehead atoms. The average Bonchev–Trinajstić information content (AvgIpc) is 2.29. The molecule has 1 aromatic heterocycles. The van der Waals surface area contributed by atoms with Gasteiger partial charge in [-0.05, 0) is 22.8 Å². The van der Waals surface area contributed by atoms with E-state index >= 15 is 0 Å². The van der Waals surface area contributed by atoms with Crippen LogP contribution in [0, 0.1) is 5.41 Å². The average molecular weight is 194 g/mol. The van der Waals surface area contributed by atoms with Crippen LogP contribution < -0.4 is 0 Å². The number of H-pyrrole nitrogens is 1. The predicted octanol–water partition coefficient (Wildman–Crippen LogP) is 3.30. The first-order valence-electron chi connectivity index (χ1n) is 5.23. The standard InChI is InChI=1S/C12H22N2/c1-11(2,3)7-10-9(8-13-14-10)12(4,5)6/h8H,7H2,1-6H3,(H,13,14). The van der Waals surface area contributed by atoms with Crippen LogP contribution in [0.3, 0.4) is 0 Å². The topological polar surface area (TPSA) is 28.7 Å². The van der Waals surface area contributed by atoms with Gasteiger partial charge < -0.3 is 0 Å². The normalized spacial score (nSPS) is 13.3. The maximum absolute atomic E-state index is 4.15. The van der Waals surface area contributed by atoms with Crippen molar-refractivity contribution in [1.82, 2.24) is 10.2 Å². The Labute approximate surface area is 87.1 Å². The summed E-state index contributed by atoms with van der Waals surface area (Å²) in [5, 5.41) is 7.27. The summed E-state index contributed by atoms with van der Waals surface area (Å²) < 4.78 is 0. The first kappa shape index (κ1) is 11.3. The molecule has 0 fully saturated rings. The van der Waals surface area contributed by atoms with Gasteiger partial charge in [-0.15, -0.1) is 0 Å². The molecule has 0 aromatic carbocycles. The molecule has 1 aromatic rings. The zero-order valence-corrected chi connectivity index (χ0v) is 10.2. The van der Waals surface area contributed by atoms with Crippen molar-refractivity contribution in [2.75, 3.05) is 0 Å². The minimum atomic E-state index is 0.188. The number of hydrogen-bond donors (Lipinski definition) is 1. The molecule has 0 saturated heterocycles. The number of hydrogen-bond acceptors (Lipinski definition) is 1. The Balaban J connectivity index is 2.95. The number of aromatic amines is 1. The lowest BCUT2D eigenvalue weighted by molar-refractivity contribution is 0.401. The van der Waals surface area contributed by atoms with Crippen molar-refractivity contribution in [1.29, 1.82) is 0 Å². The van der Waals surface area contributed by atoms with Gasteiger partial charge in [-0.3, -0.25) is 5.10 Å². The number of nitrogens with zero attached hydrogens (tertiary/aromatic N) is 1. The molecule has 0 aliphatic heterocycles. The van der Waals surface area contributed by atoms with Gasteiger partial charge in [0.05, 0.1) is 6.20 Å². The summed E-state index contributed by atoms with van der Waals surface area (Å²) in [6.07, 6.45) is 3.01. The van der Waals surface area contributed by atoms with Crippen LogP contribution in [0.25, 0.3) is 0 Å². The summed E-state index contributed by atoms with van der Waals surface area (Å²) in [5.74, 6) is 0. The van der Waals surface area contributed by atoms with E-state index in [2.05, 4.69) is 51.7 Å². The molecule has 80 valence electrons. The van der Waals surface area contributed by atoms with Crippen LogP contribution in [-0.2, 0) is 11.8 Å². The van der Waals surface area contributed by atoms with Crippen molar-refractivity contribution >= 4 is 0 Å². The Kier molecular flexibility index (Phi) is 2.75. The van der Waals surface area contributed by atoms with Crippen molar-refractivity contribution < 1.29 is 0 Å². The molecule has 14 heavy (non-hydrogen) atoms. The van der Waals surface area contributed by atoms with E-state index in [1.54, 1.807) is 0 Å². The van der Waals surface area contributed by atoms with Gasteiger partial charge in [-0.25, -0.2) is 0 Å². The summed E-state index contributed by atoms with van der Waals surface area (Å²) in [7, 11) is 0. The third kappa shape index (κ3) is 2.86. The highest BCUT2D eigenvalue weighted by atomic mass is 15.1. The Bertz CT molecular complexity index is 297. The van der Waals surface area contributed by atoms with E-state index in [-0.39, 0.29) is 5.41 Å². The maximum atomic E-state index is 4.15. The molecule has 0 atom stereocenters. The lowest BCUT2D eigenvalue weighted by Crippen LogP contribution is -2.17. The predicted molar refractivity (Wildman–Crippen MR) is 60.4 cm³/mol. The van der Waals surface area contributed by atoms with E-state index in [0.29, 0.717) is 5.41 Å². The summed E-state index contributed by atoms with van der Waals surface area (Å²) in [5.41, 5.74) is 3.12. The molecule has 2 nitrogen and oxygen atoms in total. The first-order valence-corrected chi connectivity index (χ1v) is 5.23.